The molecular formula is C30H50. The Balaban J connectivity index is 1.64. The van der Waals surface area contributed by atoms with Crippen LogP contribution in [-0.4, -0.2) is 0 Å². The van der Waals surface area contributed by atoms with Crippen molar-refractivity contribution in [1.29, 1.82) is 0 Å². The Morgan fingerprint density at radius 1 is 0.933 bits per heavy atom. The van der Waals surface area contributed by atoms with Gasteiger partial charge in [0, 0.05) is 0 Å². The van der Waals surface area contributed by atoms with Gasteiger partial charge in [0.2, 0.25) is 0 Å². The minimum absolute atomic E-state index is 0.464. The molecule has 30 heavy (non-hydrogen) atoms. The van der Waals surface area contributed by atoms with Crippen LogP contribution in [-0.2, 0) is 0 Å². The molecule has 0 heteroatoms. The van der Waals surface area contributed by atoms with E-state index in [0.29, 0.717) is 21.7 Å². The standard InChI is InChI=1S/C30H50/c1-21(2)11-9-12-22(3)23-15-19-29(7)24(23)13-14-26-28(6)18-10-17-27(4,5)25(28)16-20-30(26,29)8/h11,22,25-26H,9-10,12-20H2,1-8H3/t22-,25+,26-,28+,29-,30-/m1/s1. The predicted molar refractivity (Wildman–Crippen MR) is 131 cm³/mol. The smallest absolute Gasteiger partial charge is 0.00539 e. The van der Waals surface area contributed by atoms with Crippen molar-refractivity contribution in [2.24, 2.45) is 39.4 Å². The number of rotatable bonds is 4. The van der Waals surface area contributed by atoms with Gasteiger partial charge < -0.3 is 0 Å². The summed E-state index contributed by atoms with van der Waals surface area (Å²) in [5, 5.41) is 0. The van der Waals surface area contributed by atoms with Crippen molar-refractivity contribution in [3.63, 3.8) is 0 Å². The molecule has 0 saturated heterocycles. The SMILES string of the molecule is CC(C)=CCC[C@@H](C)C1=C2CC[C@@H]3[C@@]4(C)CCCC(C)(C)[C@@H]4CC[C@@]3(C)[C@]2(C)CC1. The van der Waals surface area contributed by atoms with Crippen LogP contribution in [0.15, 0.2) is 22.8 Å². The van der Waals surface area contributed by atoms with Crippen molar-refractivity contribution in [3.05, 3.63) is 22.8 Å². The van der Waals surface area contributed by atoms with Crippen LogP contribution >= 0.6 is 0 Å². The Morgan fingerprint density at radius 3 is 2.37 bits per heavy atom. The van der Waals surface area contributed by atoms with E-state index in [4.69, 9.17) is 0 Å². The maximum Gasteiger partial charge on any atom is -0.00539 e. The molecule has 4 aliphatic rings. The summed E-state index contributed by atoms with van der Waals surface area (Å²) < 4.78 is 0. The lowest BCUT2D eigenvalue weighted by molar-refractivity contribution is -0.173. The molecule has 3 saturated carbocycles. The lowest BCUT2D eigenvalue weighted by Gasteiger charge is -2.68. The van der Waals surface area contributed by atoms with Gasteiger partial charge in [-0.3, -0.25) is 0 Å². The largest absolute Gasteiger partial charge is 0.0859 e. The summed E-state index contributed by atoms with van der Waals surface area (Å²) in [7, 11) is 0. The zero-order valence-corrected chi connectivity index (χ0v) is 21.6. The van der Waals surface area contributed by atoms with Crippen LogP contribution in [0.4, 0.5) is 0 Å². The van der Waals surface area contributed by atoms with Gasteiger partial charge in [0.25, 0.3) is 0 Å². The van der Waals surface area contributed by atoms with E-state index in [0.717, 1.165) is 17.8 Å². The average Bonchev–Trinajstić information content (AvgIpc) is 2.99. The molecule has 4 aliphatic carbocycles. The highest BCUT2D eigenvalue weighted by Gasteiger charge is 2.65. The molecule has 0 aromatic carbocycles. The van der Waals surface area contributed by atoms with E-state index in [1.54, 1.807) is 0 Å². The van der Waals surface area contributed by atoms with Crippen LogP contribution in [0.3, 0.4) is 0 Å². The molecular weight excluding hydrogens is 360 g/mol. The van der Waals surface area contributed by atoms with E-state index in [2.05, 4.69) is 61.5 Å². The predicted octanol–water partition coefficient (Wildman–Crippen LogP) is 9.51. The molecule has 0 radical (unpaired) electrons. The number of hydrogen-bond donors (Lipinski definition) is 0. The van der Waals surface area contributed by atoms with E-state index in [9.17, 15) is 0 Å². The summed E-state index contributed by atoms with van der Waals surface area (Å²) in [6, 6.07) is 0. The van der Waals surface area contributed by atoms with Crippen LogP contribution in [0.2, 0.25) is 0 Å². The maximum absolute atomic E-state index is 2.75. The molecule has 6 atom stereocenters. The van der Waals surface area contributed by atoms with E-state index in [1.165, 1.54) is 76.2 Å². The van der Waals surface area contributed by atoms with Crippen LogP contribution < -0.4 is 0 Å². The fraction of sp³-hybridized carbons (Fsp3) is 0.867. The van der Waals surface area contributed by atoms with Gasteiger partial charge in [0.05, 0.1) is 0 Å². The van der Waals surface area contributed by atoms with Gasteiger partial charge in [-0.15, -0.1) is 0 Å². The van der Waals surface area contributed by atoms with Crippen LogP contribution in [0, 0.1) is 39.4 Å². The molecule has 170 valence electrons. The molecule has 0 aliphatic heterocycles. The van der Waals surface area contributed by atoms with Crippen LogP contribution in [0.1, 0.15) is 126 Å². The third-order valence-corrected chi connectivity index (χ3v) is 11.4. The van der Waals surface area contributed by atoms with Crippen molar-refractivity contribution >= 4 is 0 Å². The van der Waals surface area contributed by atoms with Gasteiger partial charge >= 0.3 is 0 Å². The molecule has 0 amide bonds. The minimum atomic E-state index is 0.464. The van der Waals surface area contributed by atoms with E-state index in [-0.39, 0.29) is 0 Å². The number of hydrogen-bond acceptors (Lipinski definition) is 0. The maximum atomic E-state index is 2.75. The minimum Gasteiger partial charge on any atom is -0.0859 e. The Labute approximate surface area is 188 Å². The first-order valence-corrected chi connectivity index (χ1v) is 13.3. The monoisotopic (exact) mass is 410 g/mol. The van der Waals surface area contributed by atoms with Gasteiger partial charge in [0.15, 0.2) is 0 Å². The Bertz CT molecular complexity index is 731. The first kappa shape index (κ1) is 22.7. The topological polar surface area (TPSA) is 0 Å². The zero-order valence-electron chi connectivity index (χ0n) is 21.6. The molecule has 4 rings (SSSR count). The molecule has 0 N–H and O–H groups in total. The van der Waals surface area contributed by atoms with Crippen molar-refractivity contribution < 1.29 is 0 Å². The summed E-state index contributed by atoms with van der Waals surface area (Å²) in [5.74, 6) is 2.64. The average molecular weight is 411 g/mol. The van der Waals surface area contributed by atoms with Crippen molar-refractivity contribution in [1.82, 2.24) is 0 Å². The fourth-order valence-corrected chi connectivity index (χ4v) is 9.69. The summed E-state index contributed by atoms with van der Waals surface area (Å²) in [6.45, 7) is 20.4. The third-order valence-electron chi connectivity index (χ3n) is 11.4. The van der Waals surface area contributed by atoms with Crippen molar-refractivity contribution in [2.45, 2.75) is 126 Å². The second kappa shape index (κ2) is 7.52. The number of allylic oxidation sites excluding steroid dienone is 4. The molecule has 0 nitrogen and oxygen atoms in total. The summed E-state index contributed by atoms with van der Waals surface area (Å²) in [5.41, 5.74) is 7.39. The summed E-state index contributed by atoms with van der Waals surface area (Å²) >= 11 is 0. The summed E-state index contributed by atoms with van der Waals surface area (Å²) in [6.07, 6.45) is 18.1. The molecule has 0 aromatic heterocycles. The van der Waals surface area contributed by atoms with Gasteiger partial charge in [-0.1, -0.05) is 70.8 Å². The zero-order chi connectivity index (χ0) is 21.9. The lowest BCUT2D eigenvalue weighted by Crippen LogP contribution is -2.60. The molecule has 0 heterocycles. The first-order valence-electron chi connectivity index (χ1n) is 13.3. The Kier molecular flexibility index (Phi) is 5.68. The highest BCUT2D eigenvalue weighted by molar-refractivity contribution is 5.36. The lowest BCUT2D eigenvalue weighted by atomic mass is 9.36. The molecule has 0 aromatic rings. The fourth-order valence-electron chi connectivity index (χ4n) is 9.69. The van der Waals surface area contributed by atoms with Crippen LogP contribution in [0.25, 0.3) is 0 Å². The van der Waals surface area contributed by atoms with Crippen molar-refractivity contribution in [3.8, 4) is 0 Å². The van der Waals surface area contributed by atoms with Gasteiger partial charge in [-0.05, 0) is 117 Å². The second-order valence-electron chi connectivity index (χ2n) is 13.5. The Morgan fingerprint density at radius 2 is 1.67 bits per heavy atom. The van der Waals surface area contributed by atoms with Gasteiger partial charge in [-0.25, -0.2) is 0 Å². The van der Waals surface area contributed by atoms with Gasteiger partial charge in [-0.2, -0.15) is 0 Å². The normalized spacial score (nSPS) is 43.5. The molecule has 0 bridgehead atoms. The quantitative estimate of drug-likeness (QED) is 0.405. The Hall–Kier alpha value is -0.520. The highest BCUT2D eigenvalue weighted by atomic mass is 14.7. The molecule has 0 unspecified atom stereocenters. The van der Waals surface area contributed by atoms with Gasteiger partial charge in [0.1, 0.15) is 0 Å². The van der Waals surface area contributed by atoms with Crippen LogP contribution in [0.5, 0.6) is 0 Å². The van der Waals surface area contributed by atoms with E-state index in [1.807, 2.05) is 11.1 Å². The van der Waals surface area contributed by atoms with E-state index < -0.39 is 0 Å². The first-order chi connectivity index (χ1) is 14.0. The molecule has 3 fully saturated rings. The second-order valence-corrected chi connectivity index (χ2v) is 13.5. The van der Waals surface area contributed by atoms with E-state index >= 15 is 0 Å². The number of fused-ring (bicyclic) bond motifs is 5. The summed E-state index contributed by atoms with van der Waals surface area (Å²) in [4.78, 5) is 0. The molecule has 0 spiro atoms. The van der Waals surface area contributed by atoms with Crippen molar-refractivity contribution in [2.75, 3.05) is 0 Å². The third kappa shape index (κ3) is 3.21. The highest BCUT2D eigenvalue weighted by Crippen LogP contribution is 2.74.